The van der Waals surface area contributed by atoms with Crippen molar-refractivity contribution in [2.75, 3.05) is 13.1 Å². The monoisotopic (exact) mass is 638 g/mol. The van der Waals surface area contributed by atoms with Gasteiger partial charge >= 0.3 is 0 Å². The van der Waals surface area contributed by atoms with Crippen LogP contribution < -0.4 is 0 Å². The summed E-state index contributed by atoms with van der Waals surface area (Å²) in [5, 5.41) is 58.3. The van der Waals surface area contributed by atoms with Crippen LogP contribution in [0.4, 0.5) is 0 Å². The van der Waals surface area contributed by atoms with Crippen molar-refractivity contribution in [1.82, 2.24) is 4.90 Å². The molecule has 0 saturated carbocycles. The van der Waals surface area contributed by atoms with Crippen molar-refractivity contribution in [3.05, 3.63) is 91.5 Å². The lowest BCUT2D eigenvalue weighted by atomic mass is 9.68. The number of rotatable bonds is 5. The molecule has 1 fully saturated rings. The topological polar surface area (TPSA) is 163 Å². The van der Waals surface area contributed by atoms with Gasteiger partial charge in [0.1, 0.15) is 58.3 Å². The normalized spacial score (nSPS) is 23.6. The van der Waals surface area contributed by atoms with E-state index in [9.17, 15) is 31.7 Å². The first-order valence-corrected chi connectivity index (χ1v) is 16.2. The van der Waals surface area contributed by atoms with Gasteiger partial charge in [-0.05, 0) is 82.3 Å². The van der Waals surface area contributed by atoms with Crippen molar-refractivity contribution in [1.29, 1.82) is 26.3 Å². The summed E-state index contributed by atoms with van der Waals surface area (Å²) in [6.07, 6.45) is 12.9. The van der Waals surface area contributed by atoms with Crippen LogP contribution in [0.2, 0.25) is 0 Å². The summed E-state index contributed by atoms with van der Waals surface area (Å²) in [6, 6.07) is 9.92. The molecule has 9 nitrogen and oxygen atoms in total. The fraction of sp³-hybridized carbons (Fsp3) is 0.462. The van der Waals surface area contributed by atoms with Gasteiger partial charge in [0.05, 0.1) is 0 Å². The molecular weight excluding hydrogens is 598 g/mol. The largest absolute Gasteiger partial charge is 0.762 e. The van der Waals surface area contributed by atoms with E-state index in [1.54, 1.807) is 0 Å². The molecule has 3 aliphatic heterocycles. The molecule has 1 atom stereocenters. The maximum absolute atomic E-state index is 10.2. The first-order valence-electron chi connectivity index (χ1n) is 16.2. The first-order chi connectivity index (χ1) is 22.7. The van der Waals surface area contributed by atoms with Crippen molar-refractivity contribution in [3.63, 3.8) is 0 Å². The Balaban J connectivity index is 1.99. The van der Waals surface area contributed by atoms with Gasteiger partial charge in [-0.2, -0.15) is 26.3 Å². The molecule has 1 unspecified atom stereocenters. The molecule has 48 heavy (non-hydrogen) atoms. The Bertz CT molecular complexity index is 1870. The SMILES string of the molecule is CC1(C)OC(=C(C#N)C#N)C(C#N)=C1/C=C/C1=C(N2CCCCC2)C(=C/C=C2\C(C#N)=C(C(=C=[N-])C#N)OC2(C)C)/CCC1C(C)(C)C. The molecule has 0 spiro atoms. The van der Waals surface area contributed by atoms with Crippen LogP contribution in [0.15, 0.2) is 86.1 Å². The van der Waals surface area contributed by atoms with Crippen LogP contribution in [0, 0.1) is 68.0 Å². The molecule has 0 bridgehead atoms. The van der Waals surface area contributed by atoms with Crippen molar-refractivity contribution in [3.8, 4) is 30.3 Å². The Hall–Kier alpha value is -5.52. The van der Waals surface area contributed by atoms with E-state index in [1.165, 1.54) is 0 Å². The van der Waals surface area contributed by atoms with Crippen LogP contribution >= 0.6 is 0 Å². The molecule has 0 aromatic rings. The number of nitrogens with zero attached hydrogens (tertiary/aromatic N) is 7. The Morgan fingerprint density at radius 1 is 0.854 bits per heavy atom. The van der Waals surface area contributed by atoms with Gasteiger partial charge in [-0.3, -0.25) is 0 Å². The summed E-state index contributed by atoms with van der Waals surface area (Å²) in [7, 11) is 0. The number of hydrogen-bond acceptors (Lipinski definition) is 8. The Labute approximate surface area is 284 Å². The first kappa shape index (κ1) is 35.3. The molecular formula is C39H40N7O2-. The van der Waals surface area contributed by atoms with Crippen LogP contribution in [0.25, 0.3) is 5.41 Å². The lowest BCUT2D eigenvalue weighted by molar-refractivity contribution is 0.0950. The fourth-order valence-electron chi connectivity index (χ4n) is 7.01. The van der Waals surface area contributed by atoms with Gasteiger partial charge in [-0.1, -0.05) is 45.1 Å². The van der Waals surface area contributed by atoms with E-state index in [-0.39, 0.29) is 45.1 Å². The molecule has 1 saturated heterocycles. The highest BCUT2D eigenvalue weighted by atomic mass is 16.5. The van der Waals surface area contributed by atoms with Crippen molar-refractivity contribution in [2.45, 2.75) is 91.8 Å². The molecule has 4 rings (SSSR count). The average Bonchev–Trinajstić information content (AvgIpc) is 3.46. The number of ether oxygens (including phenoxy) is 2. The van der Waals surface area contributed by atoms with Gasteiger partial charge in [-0.15, -0.1) is 0 Å². The van der Waals surface area contributed by atoms with E-state index >= 15 is 0 Å². The van der Waals surface area contributed by atoms with Gasteiger partial charge in [0.25, 0.3) is 0 Å². The number of nitriles is 5. The molecule has 3 heterocycles. The second kappa shape index (κ2) is 13.7. The van der Waals surface area contributed by atoms with Crippen LogP contribution in [0.5, 0.6) is 0 Å². The molecule has 9 heteroatoms. The molecule has 244 valence electrons. The summed E-state index contributed by atoms with van der Waals surface area (Å²) in [5.74, 6) is 2.05. The number of hydrogen-bond donors (Lipinski definition) is 0. The van der Waals surface area contributed by atoms with Gasteiger partial charge in [0.15, 0.2) is 17.1 Å². The quantitative estimate of drug-likeness (QED) is 0.217. The summed E-state index contributed by atoms with van der Waals surface area (Å²) < 4.78 is 12.1. The zero-order valence-corrected chi connectivity index (χ0v) is 28.8. The third kappa shape index (κ3) is 6.64. The smallest absolute Gasteiger partial charge is 0.172 e. The Morgan fingerprint density at radius 2 is 1.50 bits per heavy atom. The molecule has 4 aliphatic rings. The molecule has 1 aliphatic carbocycles. The highest BCUT2D eigenvalue weighted by Crippen LogP contribution is 2.48. The zero-order valence-electron chi connectivity index (χ0n) is 28.8. The third-order valence-electron chi connectivity index (χ3n) is 9.38. The van der Waals surface area contributed by atoms with Crippen molar-refractivity contribution < 1.29 is 9.47 Å². The molecule has 0 amide bonds. The predicted octanol–water partition coefficient (Wildman–Crippen LogP) is 7.80. The maximum atomic E-state index is 10.2. The summed E-state index contributed by atoms with van der Waals surface area (Å²) in [6.45, 7) is 15.8. The highest BCUT2D eigenvalue weighted by Gasteiger charge is 2.41. The van der Waals surface area contributed by atoms with Gasteiger partial charge in [0, 0.05) is 29.9 Å². The minimum absolute atomic E-state index is 0.0101. The van der Waals surface area contributed by atoms with Crippen LogP contribution in [-0.4, -0.2) is 35.1 Å². The minimum atomic E-state index is -0.939. The minimum Gasteiger partial charge on any atom is -0.762 e. The highest BCUT2D eigenvalue weighted by molar-refractivity contribution is 5.75. The van der Waals surface area contributed by atoms with E-state index in [0.29, 0.717) is 11.1 Å². The molecule has 0 aromatic carbocycles. The van der Waals surface area contributed by atoms with Crippen molar-refractivity contribution in [2.24, 2.45) is 11.3 Å². The predicted molar refractivity (Wildman–Crippen MR) is 181 cm³/mol. The van der Waals surface area contributed by atoms with Crippen LogP contribution in [-0.2, 0) is 9.47 Å². The van der Waals surface area contributed by atoms with Crippen LogP contribution in [0.3, 0.4) is 0 Å². The summed E-state index contributed by atoms with van der Waals surface area (Å²) in [4.78, 5) is 2.44. The van der Waals surface area contributed by atoms with E-state index in [0.717, 1.165) is 62.0 Å². The Kier molecular flexibility index (Phi) is 10.1. The second-order valence-electron chi connectivity index (χ2n) is 14.4. The van der Waals surface area contributed by atoms with Gasteiger partial charge < -0.3 is 19.8 Å². The van der Waals surface area contributed by atoms with E-state index in [1.807, 2.05) is 70.0 Å². The lowest BCUT2D eigenvalue weighted by Gasteiger charge is -2.42. The van der Waals surface area contributed by atoms with E-state index < -0.39 is 11.2 Å². The number of likely N-dealkylation sites (tertiary alicyclic amines) is 1. The van der Waals surface area contributed by atoms with Crippen LogP contribution in [0.1, 0.15) is 80.6 Å². The molecule has 0 aromatic heterocycles. The molecule has 0 N–H and O–H groups in total. The number of allylic oxidation sites excluding steroid dienone is 8. The number of piperidine rings is 1. The summed E-state index contributed by atoms with van der Waals surface area (Å²) >= 11 is 0. The average molecular weight is 639 g/mol. The van der Waals surface area contributed by atoms with E-state index in [4.69, 9.17) is 9.47 Å². The second-order valence-corrected chi connectivity index (χ2v) is 14.4. The molecule has 0 radical (unpaired) electrons. The zero-order chi connectivity index (χ0) is 35.4. The van der Waals surface area contributed by atoms with Gasteiger partial charge in [-0.25, -0.2) is 5.87 Å². The Morgan fingerprint density at radius 3 is 2.04 bits per heavy atom. The van der Waals surface area contributed by atoms with Gasteiger partial charge in [0.2, 0.25) is 0 Å². The maximum Gasteiger partial charge on any atom is 0.172 e. The van der Waals surface area contributed by atoms with E-state index in [2.05, 4.69) is 43.9 Å². The lowest BCUT2D eigenvalue weighted by Crippen LogP contribution is -2.36. The fourth-order valence-corrected chi connectivity index (χ4v) is 7.01. The van der Waals surface area contributed by atoms with Crippen molar-refractivity contribution >= 4 is 5.87 Å². The standard InChI is InChI=1S/C39H40N7O2/c1-37(2,3)31-14-11-25(12-15-32-29(23-44)35(26(19-40)20-41)47-38(32,4)5)34(46-17-9-8-10-18-46)28(31)13-16-33-30(24-45)36(27(21-42)22-43)48-39(33,6)7/h12-13,15-16,31H,8-11,14,17-18H2,1-7H3/q-1/b16-13+,25-12+,32-15+. The summed E-state index contributed by atoms with van der Waals surface area (Å²) in [5.41, 5.74) is 2.48. The third-order valence-corrected chi connectivity index (χ3v) is 9.38.